The number of ether oxygens (including phenoxy) is 5. The average molecular weight is 1480 g/mol. The van der Waals surface area contributed by atoms with Crippen LogP contribution in [0.2, 0.25) is 0 Å². The summed E-state index contributed by atoms with van der Waals surface area (Å²) in [6.07, 6.45) is 32.5. The number of carbonyl (C=O) groups excluding carboxylic acids is 9. The number of nitrogens with one attached hydrogen (secondary N) is 6. The monoisotopic (exact) mass is 1480 g/mol. The van der Waals surface area contributed by atoms with Gasteiger partial charge in [-0.3, -0.25) is 52.7 Å². The summed E-state index contributed by atoms with van der Waals surface area (Å²) in [4.78, 5) is 159. The number of unbranched alkanes of at least 4 members (excludes halogenated alkanes) is 24. The van der Waals surface area contributed by atoms with Crippen molar-refractivity contribution >= 4 is 76.9 Å². The number of carboxylic acid groups (broad SMARTS) is 4. The molecule has 6 amide bonds. The summed E-state index contributed by atoms with van der Waals surface area (Å²) in [5, 5.41) is 53.0. The fourth-order valence-corrected chi connectivity index (χ4v) is 11.4. The highest BCUT2D eigenvalue weighted by molar-refractivity contribution is 5.88. The zero-order valence-electron chi connectivity index (χ0n) is 62.6. The molecule has 0 aromatic heterocycles. The summed E-state index contributed by atoms with van der Waals surface area (Å²) >= 11 is 0. The number of rotatable bonds is 76. The van der Waals surface area contributed by atoms with E-state index < -0.39 is 59.7 Å². The number of amides is 6. The minimum atomic E-state index is -1.23. The summed E-state index contributed by atoms with van der Waals surface area (Å²) < 4.78 is 27.2. The fraction of sp³-hybridized carbons (Fsp3) is 0.803. The largest absolute Gasteiger partial charge is 0.481 e. The first-order valence-corrected chi connectivity index (χ1v) is 38.6. The van der Waals surface area contributed by atoms with E-state index in [1.165, 1.54) is 7.11 Å². The van der Waals surface area contributed by atoms with Crippen LogP contribution in [0, 0.1) is 24.2 Å². The first kappa shape index (κ1) is 96.9. The van der Waals surface area contributed by atoms with Crippen molar-refractivity contribution in [2.75, 3.05) is 86.1 Å². The van der Waals surface area contributed by atoms with Gasteiger partial charge in [0.15, 0.2) is 0 Å². The van der Waals surface area contributed by atoms with E-state index in [1.807, 2.05) is 0 Å². The third-order valence-corrected chi connectivity index (χ3v) is 17.5. The van der Waals surface area contributed by atoms with E-state index in [4.69, 9.17) is 40.3 Å². The summed E-state index contributed by atoms with van der Waals surface area (Å²) in [6.45, 7) is 2.23. The topological polar surface area (TPSA) is 421 Å². The van der Waals surface area contributed by atoms with Gasteiger partial charge in [0.2, 0.25) is 35.4 Å². The number of terminal acetylenes is 1. The average Bonchev–Trinajstić information content (AvgIpc) is 1.01. The lowest BCUT2D eigenvalue weighted by atomic mass is 9.94. The lowest BCUT2D eigenvalue weighted by Gasteiger charge is -2.17. The molecule has 0 radical (unpaired) electrons. The van der Waals surface area contributed by atoms with Crippen LogP contribution in [-0.2, 0) is 86.0 Å². The number of carbonyl (C=O) groups is 13. The van der Waals surface area contributed by atoms with Gasteiger partial charge in [-0.25, -0.2) is 9.59 Å². The molecule has 0 saturated heterocycles. The minimum absolute atomic E-state index is 0.0335. The Morgan fingerprint density at radius 3 is 1.02 bits per heavy atom. The molecule has 0 fully saturated rings. The van der Waals surface area contributed by atoms with Crippen molar-refractivity contribution in [1.82, 2.24) is 31.9 Å². The molecule has 104 heavy (non-hydrogen) atoms. The molecule has 0 heterocycles. The van der Waals surface area contributed by atoms with Crippen LogP contribution in [-0.4, -0.2) is 196 Å². The minimum Gasteiger partial charge on any atom is -0.481 e. The second kappa shape index (κ2) is 69.0. The van der Waals surface area contributed by atoms with E-state index in [9.17, 15) is 72.5 Å². The van der Waals surface area contributed by atoms with Gasteiger partial charge in [0, 0.05) is 109 Å². The Kier molecular flexibility index (Phi) is 64.3. The molecule has 596 valence electrons. The summed E-state index contributed by atoms with van der Waals surface area (Å²) in [7, 11) is 1.24. The SMILES string of the molecule is C#CCCC(=O)NCCOCCOCCC(=O)C[C@@H](CCCCNC(=O)CCC(NC(=O)CCCCCCCCCCCCCCC(=O)O)C(=O)O)C(=O)NCCOCCOCCC(=O)C[C@@H](CCCCNC(=O)CCC(NC(=O)CCCCCCCCCCCCCCC(=O)O)C(=O)O)C(=O)OC. The van der Waals surface area contributed by atoms with E-state index in [0.717, 1.165) is 141 Å². The van der Waals surface area contributed by atoms with E-state index in [2.05, 4.69) is 37.8 Å². The number of hydrogen-bond acceptors (Lipinski definition) is 18. The van der Waals surface area contributed by atoms with E-state index in [1.54, 1.807) is 0 Å². The van der Waals surface area contributed by atoms with Gasteiger partial charge in [0.25, 0.3) is 0 Å². The molecule has 4 atom stereocenters. The van der Waals surface area contributed by atoms with E-state index in [-0.39, 0.29) is 197 Å². The molecule has 0 aromatic rings. The maximum absolute atomic E-state index is 13.5. The molecule has 0 aliphatic rings. The van der Waals surface area contributed by atoms with Crippen molar-refractivity contribution in [3.63, 3.8) is 0 Å². The molecule has 0 saturated carbocycles. The molecule has 0 aromatic carbocycles. The van der Waals surface area contributed by atoms with Gasteiger partial charge in [-0.1, -0.05) is 141 Å². The number of hydrogen-bond donors (Lipinski definition) is 10. The Morgan fingerprint density at radius 1 is 0.327 bits per heavy atom. The normalized spacial score (nSPS) is 12.2. The Morgan fingerprint density at radius 2 is 0.654 bits per heavy atom. The maximum Gasteiger partial charge on any atom is 0.326 e. The fourth-order valence-electron chi connectivity index (χ4n) is 11.4. The van der Waals surface area contributed by atoms with Crippen LogP contribution < -0.4 is 31.9 Å². The lowest BCUT2D eigenvalue weighted by Crippen LogP contribution is -2.41. The number of esters is 1. The number of ketones is 2. The van der Waals surface area contributed by atoms with Crippen LogP contribution in [0.5, 0.6) is 0 Å². The molecule has 0 spiro atoms. The zero-order valence-corrected chi connectivity index (χ0v) is 62.6. The Balaban J connectivity index is 4.77. The Bertz CT molecular complexity index is 2440. The molecule has 0 bridgehead atoms. The van der Waals surface area contributed by atoms with Crippen LogP contribution in [0.3, 0.4) is 0 Å². The Labute approximate surface area is 617 Å². The van der Waals surface area contributed by atoms with Crippen LogP contribution in [0.25, 0.3) is 0 Å². The van der Waals surface area contributed by atoms with Crippen molar-refractivity contribution in [3.05, 3.63) is 0 Å². The predicted molar refractivity (Wildman–Crippen MR) is 391 cm³/mol. The molecular weight excluding hydrogens is 1350 g/mol. The highest BCUT2D eigenvalue weighted by Crippen LogP contribution is 2.19. The molecule has 0 aliphatic carbocycles. The summed E-state index contributed by atoms with van der Waals surface area (Å²) in [6, 6.07) is -2.42. The van der Waals surface area contributed by atoms with Gasteiger partial charge in [-0.05, 0) is 64.2 Å². The third-order valence-electron chi connectivity index (χ3n) is 17.5. The van der Waals surface area contributed by atoms with Crippen LogP contribution in [0.15, 0.2) is 0 Å². The second-order valence-electron chi connectivity index (χ2n) is 26.7. The molecule has 28 nitrogen and oxygen atoms in total. The first-order chi connectivity index (χ1) is 50.2. The van der Waals surface area contributed by atoms with E-state index in [0.29, 0.717) is 64.3 Å². The molecular formula is C76H130N6O22. The highest BCUT2D eigenvalue weighted by Gasteiger charge is 2.26. The highest BCUT2D eigenvalue weighted by atomic mass is 16.5. The van der Waals surface area contributed by atoms with Gasteiger partial charge in [0.05, 0.1) is 65.9 Å². The van der Waals surface area contributed by atoms with Crippen molar-refractivity contribution in [2.24, 2.45) is 11.8 Å². The van der Waals surface area contributed by atoms with Gasteiger partial charge >= 0.3 is 29.8 Å². The smallest absolute Gasteiger partial charge is 0.326 e. The van der Waals surface area contributed by atoms with Crippen molar-refractivity contribution in [1.29, 1.82) is 0 Å². The number of aliphatic carboxylic acids is 4. The maximum atomic E-state index is 13.5. The van der Waals surface area contributed by atoms with Crippen molar-refractivity contribution in [3.8, 4) is 12.3 Å². The van der Waals surface area contributed by atoms with Gasteiger partial charge in [0.1, 0.15) is 23.7 Å². The third kappa shape index (κ3) is 63.4. The molecule has 10 N–H and O–H groups in total. The van der Waals surface area contributed by atoms with Crippen LogP contribution in [0.1, 0.15) is 283 Å². The second-order valence-corrected chi connectivity index (χ2v) is 26.7. The van der Waals surface area contributed by atoms with Gasteiger partial charge in [-0.2, -0.15) is 0 Å². The molecule has 0 aliphatic heterocycles. The summed E-state index contributed by atoms with van der Waals surface area (Å²) in [5.74, 6) is -5.95. The van der Waals surface area contributed by atoms with Gasteiger partial charge < -0.3 is 76.0 Å². The van der Waals surface area contributed by atoms with Crippen molar-refractivity contribution < 1.29 is 106 Å². The summed E-state index contributed by atoms with van der Waals surface area (Å²) in [5.41, 5.74) is 0. The first-order valence-electron chi connectivity index (χ1n) is 38.6. The number of Topliss-reactive ketones (excluding diaryl/α,β-unsaturated/α-hetero) is 2. The predicted octanol–water partition coefficient (Wildman–Crippen LogP) is 9.17. The van der Waals surface area contributed by atoms with Crippen molar-refractivity contribution in [2.45, 2.75) is 295 Å². The number of carboxylic acids is 4. The van der Waals surface area contributed by atoms with E-state index >= 15 is 0 Å². The molecule has 28 heteroatoms. The number of methoxy groups -OCH3 is 1. The van der Waals surface area contributed by atoms with Crippen LogP contribution >= 0.6 is 0 Å². The standard InChI is InChI=1S/C76H130N6O22/c1-3-4-35-66(85)79-48-52-103-56-54-101-50-44-62(83)58-60(33-29-31-46-77-67(86)42-40-64(74(95)96)81-69(88)36-25-21-17-13-9-5-7-11-15-19-23-27-38-71(90)91)73(94)80-49-53-104-57-55-102-51-45-63(84)59-61(76(99)100-2)34-30-32-47-78-68(87)43-41-65(75(97)98)82-70(89)37-26-22-18-14-10-6-8-12-16-20-24-28-39-72(92)93/h1,60-61,64-65H,4-59H2,2H3,(H,77,86)(H,78,87)(H,79,85)(H,80,94)(H,81,88)(H,82,89)(H,90,91)(H,92,93)(H,95,96)(H,97,98)/t60-,61-,64?,65?/m1/s1. The lowest BCUT2D eigenvalue weighted by molar-refractivity contribution is -0.147. The quantitative estimate of drug-likeness (QED) is 0.0154. The molecule has 0 rings (SSSR count). The van der Waals surface area contributed by atoms with Crippen LogP contribution in [0.4, 0.5) is 0 Å². The zero-order chi connectivity index (χ0) is 76.9. The Hall–Kier alpha value is -7.09. The van der Waals surface area contributed by atoms with Gasteiger partial charge in [-0.15, -0.1) is 12.3 Å². The molecule has 2 unspecified atom stereocenters.